The lowest BCUT2D eigenvalue weighted by Gasteiger charge is -2.02. The molecule has 0 bridgehead atoms. The zero-order valence-corrected chi connectivity index (χ0v) is 15.5. The molecule has 134 valence electrons. The molecular weight excluding hydrogens is 334 g/mol. The molecule has 2 N–H and O–H groups in total. The molecule has 0 aliphatic heterocycles. The molecule has 0 unspecified atom stereocenters. The number of nitrogens with zero attached hydrogens (tertiary/aromatic N) is 3. The number of aromatic nitrogens is 5. The molecule has 4 rings (SSSR count). The number of rotatable bonds is 4. The van der Waals surface area contributed by atoms with E-state index in [4.69, 9.17) is 0 Å². The van der Waals surface area contributed by atoms with Crippen LogP contribution in [0, 0.1) is 0 Å². The topological polar surface area (TPSA) is 70.2 Å². The van der Waals surface area contributed by atoms with Crippen LogP contribution in [0.2, 0.25) is 0 Å². The summed E-state index contributed by atoms with van der Waals surface area (Å²) in [5.41, 5.74) is 5.91. The van der Waals surface area contributed by atoms with Crippen molar-refractivity contribution in [3.63, 3.8) is 0 Å². The first-order valence-corrected chi connectivity index (χ1v) is 8.98. The van der Waals surface area contributed by atoms with E-state index in [0.717, 1.165) is 50.4 Å². The predicted molar refractivity (Wildman–Crippen MR) is 110 cm³/mol. The van der Waals surface area contributed by atoms with E-state index in [1.54, 1.807) is 6.20 Å². The van der Waals surface area contributed by atoms with Crippen molar-refractivity contribution in [1.82, 2.24) is 25.1 Å². The van der Waals surface area contributed by atoms with E-state index in [9.17, 15) is 0 Å². The summed E-state index contributed by atoms with van der Waals surface area (Å²) in [6.07, 6.45) is 12.4. The van der Waals surface area contributed by atoms with Crippen LogP contribution in [0.5, 0.6) is 0 Å². The average molecular weight is 355 g/mol. The molecule has 4 heterocycles. The zero-order valence-electron chi connectivity index (χ0n) is 15.5. The summed E-state index contributed by atoms with van der Waals surface area (Å²) < 4.78 is 0. The third kappa shape index (κ3) is 3.19. The number of H-pyrrole nitrogens is 2. The largest absolute Gasteiger partial charge is 0.352 e. The Balaban J connectivity index is 1.86. The zero-order chi connectivity index (χ0) is 18.8. The van der Waals surface area contributed by atoms with Crippen LogP contribution in [0.4, 0.5) is 0 Å². The number of aryl methyl sites for hydroxylation is 1. The molecular formula is C22H21N5. The Morgan fingerprint density at radius 1 is 1.19 bits per heavy atom. The second kappa shape index (κ2) is 7.03. The summed E-state index contributed by atoms with van der Waals surface area (Å²) >= 11 is 0. The Hall–Kier alpha value is -3.47. The smallest absolute Gasteiger partial charge is 0.116 e. The quantitative estimate of drug-likeness (QED) is 0.590. The van der Waals surface area contributed by atoms with Crippen molar-refractivity contribution in [2.24, 2.45) is 0 Å². The average Bonchev–Trinajstić information content (AvgIpc) is 3.31. The van der Waals surface area contributed by atoms with Gasteiger partial charge in [0.05, 0.1) is 22.8 Å². The molecule has 0 fully saturated rings. The lowest BCUT2D eigenvalue weighted by molar-refractivity contribution is 1.06. The summed E-state index contributed by atoms with van der Waals surface area (Å²) in [6, 6.07) is 6.21. The van der Waals surface area contributed by atoms with Crippen LogP contribution in [0.1, 0.15) is 25.0 Å². The normalized spacial score (nSPS) is 12.8. The molecule has 5 heteroatoms. The van der Waals surface area contributed by atoms with Crippen molar-refractivity contribution >= 4 is 28.6 Å². The van der Waals surface area contributed by atoms with Crippen LogP contribution in [-0.4, -0.2) is 25.1 Å². The second-order valence-corrected chi connectivity index (χ2v) is 6.44. The molecule has 4 aromatic heterocycles. The maximum Gasteiger partial charge on any atom is 0.116 e. The highest BCUT2D eigenvalue weighted by Gasteiger charge is 2.09. The molecule has 0 saturated heterocycles. The molecule has 0 radical (unpaired) electrons. The Bertz CT molecular complexity index is 1210. The van der Waals surface area contributed by atoms with Gasteiger partial charge in [-0.1, -0.05) is 19.6 Å². The second-order valence-electron chi connectivity index (χ2n) is 6.44. The Labute approximate surface area is 157 Å². The Morgan fingerprint density at radius 3 is 2.85 bits per heavy atom. The summed E-state index contributed by atoms with van der Waals surface area (Å²) in [5, 5.41) is 10.7. The fourth-order valence-electron chi connectivity index (χ4n) is 3.15. The van der Waals surface area contributed by atoms with E-state index in [1.165, 1.54) is 5.56 Å². The van der Waals surface area contributed by atoms with Gasteiger partial charge in [0, 0.05) is 29.2 Å². The van der Waals surface area contributed by atoms with E-state index in [2.05, 4.69) is 56.9 Å². The van der Waals surface area contributed by atoms with Crippen LogP contribution in [-0.2, 0) is 6.42 Å². The summed E-state index contributed by atoms with van der Waals surface area (Å²) in [5.74, 6) is 0. The number of hydrogen-bond donors (Lipinski definition) is 2. The van der Waals surface area contributed by atoms with Gasteiger partial charge < -0.3 is 4.98 Å². The van der Waals surface area contributed by atoms with Gasteiger partial charge >= 0.3 is 0 Å². The minimum Gasteiger partial charge on any atom is -0.352 e. The lowest BCUT2D eigenvalue weighted by Crippen LogP contribution is -2.23. The molecule has 0 amide bonds. The SMILES string of the molecule is C=C(/C=c1/c(-c2cc3ccncc3[nH]2)n[nH]/c1=C/C)c1cncc(CC)c1. The predicted octanol–water partition coefficient (Wildman–Crippen LogP) is 3.20. The van der Waals surface area contributed by atoms with Gasteiger partial charge in [-0.15, -0.1) is 0 Å². The van der Waals surface area contributed by atoms with Crippen LogP contribution in [0.3, 0.4) is 0 Å². The van der Waals surface area contributed by atoms with Gasteiger partial charge in [-0.05, 0) is 54.3 Å². The van der Waals surface area contributed by atoms with E-state index in [1.807, 2.05) is 37.7 Å². The van der Waals surface area contributed by atoms with Crippen molar-refractivity contribution in [3.05, 3.63) is 71.3 Å². The van der Waals surface area contributed by atoms with Gasteiger partial charge in [0.25, 0.3) is 0 Å². The van der Waals surface area contributed by atoms with Crippen molar-refractivity contribution in [2.45, 2.75) is 20.3 Å². The van der Waals surface area contributed by atoms with Gasteiger partial charge in [0.2, 0.25) is 0 Å². The Morgan fingerprint density at radius 2 is 2.07 bits per heavy atom. The monoisotopic (exact) mass is 355 g/mol. The number of fused-ring (bicyclic) bond motifs is 1. The molecule has 27 heavy (non-hydrogen) atoms. The van der Waals surface area contributed by atoms with Crippen LogP contribution >= 0.6 is 0 Å². The maximum atomic E-state index is 4.54. The molecule has 5 nitrogen and oxygen atoms in total. The highest BCUT2D eigenvalue weighted by Crippen LogP contribution is 2.20. The standard InChI is InChI=1S/C22H21N5/c1-4-15-9-17(12-24-11-15)14(3)8-18-19(5-2)26-27-22(18)20-10-16-6-7-23-13-21(16)25-20/h5-13,25-26H,3-4H2,1-2H3/b18-8+,19-5+. The van der Waals surface area contributed by atoms with Gasteiger partial charge in [-0.2, -0.15) is 5.10 Å². The van der Waals surface area contributed by atoms with Crippen LogP contribution in [0.15, 0.2) is 49.6 Å². The van der Waals surface area contributed by atoms with Crippen LogP contribution in [0.25, 0.3) is 40.0 Å². The lowest BCUT2D eigenvalue weighted by atomic mass is 10.0. The van der Waals surface area contributed by atoms with Gasteiger partial charge in [0.1, 0.15) is 5.69 Å². The van der Waals surface area contributed by atoms with Crippen molar-refractivity contribution in [2.75, 3.05) is 0 Å². The molecule has 0 aromatic carbocycles. The number of hydrogen-bond acceptors (Lipinski definition) is 3. The Kier molecular flexibility index (Phi) is 4.42. The number of nitrogens with one attached hydrogen (secondary N) is 2. The minimum atomic E-state index is 0.861. The minimum absolute atomic E-state index is 0.861. The van der Waals surface area contributed by atoms with E-state index in [-0.39, 0.29) is 0 Å². The third-order valence-corrected chi connectivity index (χ3v) is 4.69. The molecule has 0 aliphatic carbocycles. The van der Waals surface area contributed by atoms with E-state index >= 15 is 0 Å². The molecule has 4 aromatic rings. The van der Waals surface area contributed by atoms with Crippen LogP contribution < -0.4 is 10.6 Å². The number of aromatic amines is 2. The first-order chi connectivity index (χ1) is 13.2. The number of pyridine rings is 2. The van der Waals surface area contributed by atoms with Crippen molar-refractivity contribution in [1.29, 1.82) is 0 Å². The summed E-state index contributed by atoms with van der Waals surface area (Å²) in [6.45, 7) is 8.37. The summed E-state index contributed by atoms with van der Waals surface area (Å²) in [7, 11) is 0. The molecule has 0 atom stereocenters. The van der Waals surface area contributed by atoms with Gasteiger partial charge in [0.15, 0.2) is 0 Å². The maximum absolute atomic E-state index is 4.54. The first kappa shape index (κ1) is 17.0. The van der Waals surface area contributed by atoms with E-state index < -0.39 is 0 Å². The third-order valence-electron chi connectivity index (χ3n) is 4.69. The first-order valence-electron chi connectivity index (χ1n) is 8.98. The van der Waals surface area contributed by atoms with Gasteiger partial charge in [-0.25, -0.2) is 0 Å². The highest BCUT2D eigenvalue weighted by atomic mass is 15.1. The highest BCUT2D eigenvalue weighted by molar-refractivity contribution is 5.89. The number of allylic oxidation sites excluding steroid dienone is 1. The van der Waals surface area contributed by atoms with Gasteiger partial charge in [-0.3, -0.25) is 15.1 Å². The van der Waals surface area contributed by atoms with Crippen molar-refractivity contribution in [3.8, 4) is 11.4 Å². The molecule has 0 aliphatic rings. The van der Waals surface area contributed by atoms with Crippen molar-refractivity contribution < 1.29 is 0 Å². The fourth-order valence-corrected chi connectivity index (χ4v) is 3.15. The summed E-state index contributed by atoms with van der Waals surface area (Å²) in [4.78, 5) is 11.9. The molecule has 0 spiro atoms. The fraction of sp³-hybridized carbons (Fsp3) is 0.136. The molecule has 0 saturated carbocycles. The van der Waals surface area contributed by atoms with E-state index in [0.29, 0.717) is 0 Å².